The minimum atomic E-state index is 0.328. The van der Waals surface area contributed by atoms with Gasteiger partial charge in [0, 0.05) is 0 Å². The van der Waals surface area contributed by atoms with Gasteiger partial charge in [0.2, 0.25) is 6.08 Å². The van der Waals surface area contributed by atoms with E-state index in [1.54, 1.807) is 6.08 Å². The van der Waals surface area contributed by atoms with E-state index in [2.05, 4.69) is 4.99 Å². The smallest absolute Gasteiger partial charge is 0.211 e. The number of aliphatic imine (C=N–C) groups is 1. The zero-order valence-corrected chi connectivity index (χ0v) is 7.14. The highest BCUT2D eigenvalue weighted by molar-refractivity contribution is 7.99. The van der Waals surface area contributed by atoms with Crippen LogP contribution in [0.1, 0.15) is 12.8 Å². The van der Waals surface area contributed by atoms with Gasteiger partial charge in [-0.2, -0.15) is 11.8 Å². The van der Waals surface area contributed by atoms with Gasteiger partial charge in [-0.05, 0) is 36.2 Å². The van der Waals surface area contributed by atoms with E-state index < -0.39 is 0 Å². The Bertz CT molecular complexity index is 184. The highest BCUT2D eigenvalue weighted by atomic mass is 32.2. The number of nitrogens with zero attached hydrogens (tertiary/aromatic N) is 1. The molecule has 0 radical (unpaired) electrons. The summed E-state index contributed by atoms with van der Waals surface area (Å²) < 4.78 is 0. The summed E-state index contributed by atoms with van der Waals surface area (Å²) in [5.74, 6) is 3.76. The van der Waals surface area contributed by atoms with Crippen LogP contribution in [-0.2, 0) is 4.79 Å². The van der Waals surface area contributed by atoms with Gasteiger partial charge in [-0.1, -0.05) is 0 Å². The van der Waals surface area contributed by atoms with E-state index in [0.29, 0.717) is 17.9 Å². The minimum Gasteiger partial charge on any atom is -0.211 e. The van der Waals surface area contributed by atoms with Crippen molar-refractivity contribution < 1.29 is 4.79 Å². The van der Waals surface area contributed by atoms with Gasteiger partial charge < -0.3 is 0 Å². The third kappa shape index (κ3) is 1.23. The fourth-order valence-electron chi connectivity index (χ4n) is 2.16. The number of fused-ring (bicyclic) bond motifs is 2. The standard InChI is InChI=1S/C8H11NOS/c10-5-9-8-6-1-2-7(8)4-11-3-6/h6-8H,1-4H2. The maximum Gasteiger partial charge on any atom is 0.235 e. The molecular formula is C8H11NOS. The molecule has 2 fully saturated rings. The van der Waals surface area contributed by atoms with Crippen LogP contribution in [0.2, 0.25) is 0 Å². The molecule has 2 atom stereocenters. The molecule has 0 aromatic rings. The Morgan fingerprint density at radius 1 is 1.27 bits per heavy atom. The molecule has 60 valence electrons. The number of carbonyl (C=O) groups excluding carboxylic acids is 1. The summed E-state index contributed by atoms with van der Waals surface area (Å²) in [5, 5.41) is 0. The van der Waals surface area contributed by atoms with Gasteiger partial charge >= 0.3 is 0 Å². The average Bonchev–Trinajstić information content (AvgIpc) is 2.30. The van der Waals surface area contributed by atoms with Crippen LogP contribution in [-0.4, -0.2) is 23.6 Å². The van der Waals surface area contributed by atoms with Crippen molar-refractivity contribution in [2.24, 2.45) is 16.8 Å². The lowest BCUT2D eigenvalue weighted by Crippen LogP contribution is -2.27. The maximum atomic E-state index is 10.1. The molecule has 2 rings (SSSR count). The van der Waals surface area contributed by atoms with Gasteiger partial charge in [-0.25, -0.2) is 9.79 Å². The third-order valence-electron chi connectivity index (χ3n) is 2.74. The van der Waals surface area contributed by atoms with Gasteiger partial charge in [0.1, 0.15) is 0 Å². The van der Waals surface area contributed by atoms with Crippen molar-refractivity contribution in [1.29, 1.82) is 0 Å². The molecule has 0 N–H and O–H groups in total. The Kier molecular flexibility index (Phi) is 2.01. The molecule has 0 aromatic heterocycles. The Balaban J connectivity index is 2.14. The van der Waals surface area contributed by atoms with Crippen LogP contribution in [0, 0.1) is 11.8 Å². The molecule has 2 bridgehead atoms. The number of rotatable bonds is 1. The predicted molar refractivity (Wildman–Crippen MR) is 45.4 cm³/mol. The molecule has 2 unspecified atom stereocenters. The van der Waals surface area contributed by atoms with Crippen molar-refractivity contribution in [1.82, 2.24) is 0 Å². The van der Waals surface area contributed by atoms with E-state index in [9.17, 15) is 4.79 Å². The van der Waals surface area contributed by atoms with Gasteiger partial charge in [0.15, 0.2) is 0 Å². The largest absolute Gasteiger partial charge is 0.235 e. The van der Waals surface area contributed by atoms with Gasteiger partial charge in [0.05, 0.1) is 6.04 Å². The first-order valence-electron chi connectivity index (χ1n) is 4.06. The van der Waals surface area contributed by atoms with E-state index >= 15 is 0 Å². The Hall–Kier alpha value is -0.270. The fraction of sp³-hybridized carbons (Fsp3) is 0.875. The van der Waals surface area contributed by atoms with E-state index in [1.807, 2.05) is 11.8 Å². The maximum absolute atomic E-state index is 10.1. The van der Waals surface area contributed by atoms with E-state index in [1.165, 1.54) is 24.3 Å². The summed E-state index contributed by atoms with van der Waals surface area (Å²) >= 11 is 2.01. The second-order valence-electron chi connectivity index (χ2n) is 3.35. The first-order valence-corrected chi connectivity index (χ1v) is 5.22. The number of hydrogen-bond donors (Lipinski definition) is 0. The number of isocyanates is 1. The van der Waals surface area contributed by atoms with Crippen molar-refractivity contribution in [3.8, 4) is 0 Å². The molecule has 2 aliphatic rings. The normalized spacial score (nSPS) is 41.6. The van der Waals surface area contributed by atoms with Crippen molar-refractivity contribution in [3.05, 3.63) is 0 Å². The second kappa shape index (κ2) is 3.00. The van der Waals surface area contributed by atoms with E-state index in [-0.39, 0.29) is 0 Å². The van der Waals surface area contributed by atoms with Crippen LogP contribution in [0.3, 0.4) is 0 Å². The molecule has 1 aliphatic carbocycles. The first-order chi connectivity index (χ1) is 5.42. The number of thioether (sulfide) groups is 1. The summed E-state index contributed by atoms with van der Waals surface area (Å²) in [6.07, 6.45) is 4.25. The Morgan fingerprint density at radius 3 is 2.45 bits per heavy atom. The molecule has 1 saturated heterocycles. The van der Waals surface area contributed by atoms with Crippen LogP contribution < -0.4 is 0 Å². The molecule has 1 saturated carbocycles. The molecular weight excluding hydrogens is 158 g/mol. The van der Waals surface area contributed by atoms with E-state index in [0.717, 1.165) is 0 Å². The second-order valence-corrected chi connectivity index (χ2v) is 4.42. The highest BCUT2D eigenvalue weighted by Gasteiger charge is 2.39. The van der Waals surface area contributed by atoms with Crippen LogP contribution in [0.5, 0.6) is 0 Å². The summed E-state index contributed by atoms with van der Waals surface area (Å²) in [6, 6.07) is 0.328. The van der Waals surface area contributed by atoms with Crippen LogP contribution in [0.15, 0.2) is 4.99 Å². The average molecular weight is 169 g/mol. The van der Waals surface area contributed by atoms with Crippen LogP contribution in [0.4, 0.5) is 0 Å². The monoisotopic (exact) mass is 169 g/mol. The summed E-state index contributed by atoms with van der Waals surface area (Å²) in [7, 11) is 0. The quantitative estimate of drug-likeness (QED) is 0.439. The number of hydrogen-bond acceptors (Lipinski definition) is 3. The lowest BCUT2D eigenvalue weighted by molar-refractivity contribution is 0.450. The topological polar surface area (TPSA) is 29.4 Å². The lowest BCUT2D eigenvalue weighted by Gasteiger charge is -2.24. The van der Waals surface area contributed by atoms with E-state index in [4.69, 9.17) is 0 Å². The summed E-state index contributed by atoms with van der Waals surface area (Å²) in [5.41, 5.74) is 0. The minimum absolute atomic E-state index is 0.328. The molecule has 11 heavy (non-hydrogen) atoms. The van der Waals surface area contributed by atoms with Gasteiger partial charge in [0.25, 0.3) is 0 Å². The fourth-order valence-corrected chi connectivity index (χ4v) is 3.63. The lowest BCUT2D eigenvalue weighted by atomic mass is 10.0. The van der Waals surface area contributed by atoms with Crippen molar-refractivity contribution in [3.63, 3.8) is 0 Å². The highest BCUT2D eigenvalue weighted by Crippen LogP contribution is 2.42. The van der Waals surface area contributed by atoms with Crippen molar-refractivity contribution >= 4 is 17.8 Å². The van der Waals surface area contributed by atoms with Crippen molar-refractivity contribution in [2.45, 2.75) is 18.9 Å². The van der Waals surface area contributed by atoms with Crippen molar-refractivity contribution in [2.75, 3.05) is 11.5 Å². The SMILES string of the molecule is O=C=NC1C2CCC1CSC2. The zero-order chi connectivity index (χ0) is 7.68. The molecule has 0 aromatic carbocycles. The molecule has 0 amide bonds. The third-order valence-corrected chi connectivity index (χ3v) is 4.07. The van der Waals surface area contributed by atoms with Gasteiger partial charge in [-0.15, -0.1) is 0 Å². The van der Waals surface area contributed by atoms with Gasteiger partial charge in [-0.3, -0.25) is 0 Å². The molecule has 2 nitrogen and oxygen atoms in total. The van der Waals surface area contributed by atoms with Crippen LogP contribution >= 0.6 is 11.8 Å². The Morgan fingerprint density at radius 2 is 1.91 bits per heavy atom. The molecule has 3 heteroatoms. The molecule has 1 aliphatic heterocycles. The molecule has 1 heterocycles. The zero-order valence-electron chi connectivity index (χ0n) is 6.32. The molecule has 0 spiro atoms. The first kappa shape index (κ1) is 7.38. The Labute approximate surface area is 70.5 Å². The predicted octanol–water partition coefficient (Wildman–Crippen LogP) is 1.46. The summed E-state index contributed by atoms with van der Waals surface area (Å²) in [4.78, 5) is 14.0. The summed E-state index contributed by atoms with van der Waals surface area (Å²) in [6.45, 7) is 0. The van der Waals surface area contributed by atoms with Crippen LogP contribution in [0.25, 0.3) is 0 Å².